The Labute approximate surface area is 122 Å². The van der Waals surface area contributed by atoms with Crippen molar-refractivity contribution in [2.75, 3.05) is 20.8 Å². The van der Waals surface area contributed by atoms with Gasteiger partial charge in [-0.05, 0) is 18.6 Å². The average molecular weight is 290 g/mol. The molecule has 0 bridgehead atoms. The molecule has 7 nitrogen and oxygen atoms in total. The van der Waals surface area contributed by atoms with E-state index in [1.54, 1.807) is 18.0 Å². The van der Waals surface area contributed by atoms with E-state index in [0.717, 1.165) is 11.3 Å². The molecule has 0 atom stereocenters. The van der Waals surface area contributed by atoms with Gasteiger partial charge in [0.05, 0.1) is 31.6 Å². The lowest BCUT2D eigenvalue weighted by atomic mass is 10.2. The van der Waals surface area contributed by atoms with Crippen molar-refractivity contribution in [3.05, 3.63) is 41.0 Å². The van der Waals surface area contributed by atoms with Crippen molar-refractivity contribution in [3.8, 4) is 0 Å². The predicted molar refractivity (Wildman–Crippen MR) is 75.0 cm³/mol. The molecule has 7 heteroatoms. The molecule has 0 aliphatic heterocycles. The fourth-order valence-electron chi connectivity index (χ4n) is 1.99. The lowest BCUT2D eigenvalue weighted by molar-refractivity contribution is 0.0592. The number of aryl methyl sites for hydroxylation is 1. The van der Waals surface area contributed by atoms with Gasteiger partial charge in [-0.15, -0.1) is 5.10 Å². The number of rotatable bonds is 6. The van der Waals surface area contributed by atoms with Gasteiger partial charge < -0.3 is 9.47 Å². The number of hydrogen-bond acceptors (Lipinski definition) is 6. The van der Waals surface area contributed by atoms with E-state index in [1.165, 1.54) is 7.11 Å². The molecule has 2 heterocycles. The SMILES string of the molecule is COCCc1c(C(=O)OC)nnn1Cc1ncccc1C. The molecule has 0 saturated heterocycles. The second kappa shape index (κ2) is 6.94. The summed E-state index contributed by atoms with van der Waals surface area (Å²) >= 11 is 0. The van der Waals surface area contributed by atoms with Gasteiger partial charge >= 0.3 is 5.97 Å². The van der Waals surface area contributed by atoms with Crippen LogP contribution in [-0.4, -0.2) is 46.8 Å². The number of methoxy groups -OCH3 is 2. The van der Waals surface area contributed by atoms with Crippen LogP contribution in [0, 0.1) is 6.92 Å². The molecular formula is C14H18N4O3. The number of esters is 1. The topological polar surface area (TPSA) is 79.1 Å². The van der Waals surface area contributed by atoms with Crippen LogP contribution in [0.5, 0.6) is 0 Å². The largest absolute Gasteiger partial charge is 0.464 e. The Morgan fingerprint density at radius 2 is 2.19 bits per heavy atom. The minimum Gasteiger partial charge on any atom is -0.464 e. The Bertz CT molecular complexity index is 624. The van der Waals surface area contributed by atoms with E-state index in [-0.39, 0.29) is 5.69 Å². The summed E-state index contributed by atoms with van der Waals surface area (Å²) < 4.78 is 11.5. The Balaban J connectivity index is 2.32. The maximum absolute atomic E-state index is 11.7. The molecule has 0 aliphatic carbocycles. The molecule has 0 amide bonds. The highest BCUT2D eigenvalue weighted by Crippen LogP contribution is 2.12. The van der Waals surface area contributed by atoms with Crippen molar-refractivity contribution in [2.45, 2.75) is 19.9 Å². The van der Waals surface area contributed by atoms with E-state index in [2.05, 4.69) is 15.3 Å². The highest BCUT2D eigenvalue weighted by atomic mass is 16.5. The zero-order chi connectivity index (χ0) is 15.2. The normalized spacial score (nSPS) is 10.6. The average Bonchev–Trinajstić information content (AvgIpc) is 2.89. The second-order valence-electron chi connectivity index (χ2n) is 4.54. The molecule has 2 rings (SSSR count). The lowest BCUT2D eigenvalue weighted by Gasteiger charge is -2.08. The van der Waals surface area contributed by atoms with Gasteiger partial charge in [0.1, 0.15) is 0 Å². The summed E-state index contributed by atoms with van der Waals surface area (Å²) in [4.78, 5) is 16.1. The zero-order valence-corrected chi connectivity index (χ0v) is 12.4. The van der Waals surface area contributed by atoms with Crippen molar-refractivity contribution < 1.29 is 14.3 Å². The fraction of sp³-hybridized carbons (Fsp3) is 0.429. The van der Waals surface area contributed by atoms with Crippen LogP contribution >= 0.6 is 0 Å². The third kappa shape index (κ3) is 3.43. The zero-order valence-electron chi connectivity index (χ0n) is 12.4. The molecular weight excluding hydrogens is 272 g/mol. The Kier molecular flexibility index (Phi) is 4.99. The van der Waals surface area contributed by atoms with Gasteiger partial charge in [0.2, 0.25) is 0 Å². The Morgan fingerprint density at radius 1 is 1.38 bits per heavy atom. The molecule has 0 saturated carbocycles. The first-order valence-electron chi connectivity index (χ1n) is 6.57. The summed E-state index contributed by atoms with van der Waals surface area (Å²) in [6, 6.07) is 3.86. The first kappa shape index (κ1) is 15.1. The van der Waals surface area contributed by atoms with Crippen molar-refractivity contribution in [2.24, 2.45) is 0 Å². The van der Waals surface area contributed by atoms with Crippen LogP contribution in [0.4, 0.5) is 0 Å². The molecule has 0 radical (unpaired) electrons. The Morgan fingerprint density at radius 3 is 2.86 bits per heavy atom. The summed E-state index contributed by atoms with van der Waals surface area (Å²) in [7, 11) is 2.93. The van der Waals surface area contributed by atoms with Crippen molar-refractivity contribution >= 4 is 5.97 Å². The van der Waals surface area contributed by atoms with Gasteiger partial charge in [-0.25, -0.2) is 9.48 Å². The maximum atomic E-state index is 11.7. The van der Waals surface area contributed by atoms with Crippen molar-refractivity contribution in [1.82, 2.24) is 20.0 Å². The molecule has 21 heavy (non-hydrogen) atoms. The standard InChI is InChI=1S/C14H18N4O3/c1-10-5-4-7-15-11(10)9-18-12(6-8-20-2)13(16-17-18)14(19)21-3/h4-5,7H,6,8-9H2,1-3H3. The highest BCUT2D eigenvalue weighted by molar-refractivity contribution is 5.88. The quantitative estimate of drug-likeness (QED) is 0.739. The molecule has 0 N–H and O–H groups in total. The van der Waals surface area contributed by atoms with Crippen LogP contribution in [0.3, 0.4) is 0 Å². The van der Waals surface area contributed by atoms with E-state index in [1.807, 2.05) is 19.1 Å². The fourth-order valence-corrected chi connectivity index (χ4v) is 1.99. The van der Waals surface area contributed by atoms with E-state index in [4.69, 9.17) is 9.47 Å². The summed E-state index contributed by atoms with van der Waals surface area (Å²) in [6.07, 6.45) is 2.26. The minimum absolute atomic E-state index is 0.225. The Hall–Kier alpha value is -2.28. The van der Waals surface area contributed by atoms with Crippen LogP contribution in [0.15, 0.2) is 18.3 Å². The van der Waals surface area contributed by atoms with Gasteiger partial charge in [-0.3, -0.25) is 4.98 Å². The summed E-state index contributed by atoms with van der Waals surface area (Å²) in [5.74, 6) is -0.495. The highest BCUT2D eigenvalue weighted by Gasteiger charge is 2.20. The van der Waals surface area contributed by atoms with Crippen LogP contribution in [0.25, 0.3) is 0 Å². The molecule has 0 aromatic carbocycles. The molecule has 2 aromatic heterocycles. The third-order valence-corrected chi connectivity index (χ3v) is 3.18. The molecule has 0 fully saturated rings. The molecule has 112 valence electrons. The number of ether oxygens (including phenoxy) is 2. The van der Waals surface area contributed by atoms with Gasteiger partial charge in [-0.2, -0.15) is 0 Å². The minimum atomic E-state index is -0.495. The first-order valence-corrected chi connectivity index (χ1v) is 6.57. The van der Waals surface area contributed by atoms with Crippen LogP contribution < -0.4 is 0 Å². The summed E-state index contributed by atoms with van der Waals surface area (Å²) in [5.41, 5.74) is 2.86. The van der Waals surface area contributed by atoms with E-state index in [9.17, 15) is 4.79 Å². The van der Waals surface area contributed by atoms with Crippen LogP contribution in [-0.2, 0) is 22.4 Å². The smallest absolute Gasteiger partial charge is 0.360 e. The monoisotopic (exact) mass is 290 g/mol. The second-order valence-corrected chi connectivity index (χ2v) is 4.54. The number of pyridine rings is 1. The van der Waals surface area contributed by atoms with Crippen LogP contribution in [0.2, 0.25) is 0 Å². The molecule has 0 aliphatic rings. The number of carbonyl (C=O) groups excluding carboxylic acids is 1. The number of hydrogen-bond donors (Lipinski definition) is 0. The van der Waals surface area contributed by atoms with Gasteiger partial charge in [0.25, 0.3) is 0 Å². The molecule has 2 aromatic rings. The van der Waals surface area contributed by atoms with E-state index in [0.29, 0.717) is 25.3 Å². The summed E-state index contributed by atoms with van der Waals surface area (Å²) in [6.45, 7) is 2.91. The predicted octanol–water partition coefficient (Wildman–Crippen LogP) is 1.01. The molecule has 0 spiro atoms. The van der Waals surface area contributed by atoms with Crippen LogP contribution in [0.1, 0.15) is 27.4 Å². The summed E-state index contributed by atoms with van der Waals surface area (Å²) in [5, 5.41) is 7.97. The van der Waals surface area contributed by atoms with Gasteiger partial charge in [0, 0.05) is 19.7 Å². The first-order chi connectivity index (χ1) is 10.2. The van der Waals surface area contributed by atoms with Gasteiger partial charge in [-0.1, -0.05) is 11.3 Å². The lowest BCUT2D eigenvalue weighted by Crippen LogP contribution is -2.13. The van der Waals surface area contributed by atoms with E-state index < -0.39 is 5.97 Å². The number of carbonyl (C=O) groups is 1. The number of aromatic nitrogens is 4. The van der Waals surface area contributed by atoms with Crippen molar-refractivity contribution in [1.29, 1.82) is 0 Å². The van der Waals surface area contributed by atoms with Gasteiger partial charge in [0.15, 0.2) is 5.69 Å². The maximum Gasteiger partial charge on any atom is 0.360 e. The molecule has 0 unspecified atom stereocenters. The third-order valence-electron chi connectivity index (χ3n) is 3.18. The van der Waals surface area contributed by atoms with E-state index >= 15 is 0 Å². The van der Waals surface area contributed by atoms with Crippen molar-refractivity contribution in [3.63, 3.8) is 0 Å². The number of nitrogens with zero attached hydrogens (tertiary/aromatic N) is 4.